The van der Waals surface area contributed by atoms with E-state index >= 15 is 0 Å². The molecule has 0 radical (unpaired) electrons. The molecule has 1 aliphatic carbocycles. The predicted octanol–water partition coefficient (Wildman–Crippen LogP) is 1.55. The number of hydrogen-bond acceptors (Lipinski definition) is 2. The van der Waals surface area contributed by atoms with Crippen LogP contribution >= 0.6 is 0 Å². The van der Waals surface area contributed by atoms with Gasteiger partial charge in [0.2, 0.25) is 5.91 Å². The van der Waals surface area contributed by atoms with E-state index in [2.05, 4.69) is 29.3 Å². The van der Waals surface area contributed by atoms with Crippen molar-refractivity contribution in [3.63, 3.8) is 0 Å². The highest BCUT2D eigenvalue weighted by atomic mass is 16.2. The maximum Gasteiger partial charge on any atom is 0.226 e. The second kappa shape index (κ2) is 5.48. The first-order valence-corrected chi connectivity index (χ1v) is 6.49. The van der Waals surface area contributed by atoms with Gasteiger partial charge in [0.25, 0.3) is 0 Å². The molecule has 2 aliphatic rings. The van der Waals surface area contributed by atoms with Gasteiger partial charge in [-0.25, -0.2) is 0 Å². The lowest BCUT2D eigenvalue weighted by atomic mass is 10.0. The van der Waals surface area contributed by atoms with Gasteiger partial charge in [0.1, 0.15) is 0 Å². The normalized spacial score (nSPS) is 25.9. The van der Waals surface area contributed by atoms with Gasteiger partial charge in [0.05, 0.1) is 0 Å². The van der Waals surface area contributed by atoms with Crippen molar-refractivity contribution in [1.82, 2.24) is 10.2 Å². The van der Waals surface area contributed by atoms with E-state index in [1.807, 2.05) is 0 Å². The summed E-state index contributed by atoms with van der Waals surface area (Å²) in [5, 5.41) is 3.39. The molecule has 1 N–H and O–H groups in total. The van der Waals surface area contributed by atoms with Gasteiger partial charge in [0.15, 0.2) is 0 Å². The Hall–Kier alpha value is -0.830. The van der Waals surface area contributed by atoms with Crippen molar-refractivity contribution >= 4 is 5.91 Å². The lowest BCUT2D eigenvalue weighted by Gasteiger charge is -2.35. The maximum absolute atomic E-state index is 12.3. The zero-order valence-electron chi connectivity index (χ0n) is 10.1. The summed E-state index contributed by atoms with van der Waals surface area (Å²) in [5.41, 5.74) is 0. The number of nitrogens with zero attached hydrogens (tertiary/aromatic N) is 1. The van der Waals surface area contributed by atoms with E-state index in [0.29, 0.717) is 11.9 Å². The number of likely N-dealkylation sites (N-methyl/N-ethyl adjacent to an activating group) is 1. The van der Waals surface area contributed by atoms with Crippen LogP contribution in [0.1, 0.15) is 32.6 Å². The first-order valence-electron chi connectivity index (χ1n) is 6.49. The van der Waals surface area contributed by atoms with E-state index in [4.69, 9.17) is 0 Å². The molecule has 3 heteroatoms. The van der Waals surface area contributed by atoms with Gasteiger partial charge in [-0.3, -0.25) is 4.79 Å². The second-order valence-corrected chi connectivity index (χ2v) is 4.76. The Kier molecular flexibility index (Phi) is 3.99. The summed E-state index contributed by atoms with van der Waals surface area (Å²) < 4.78 is 0. The third-order valence-electron chi connectivity index (χ3n) is 3.69. The van der Waals surface area contributed by atoms with Crippen molar-refractivity contribution in [2.45, 2.75) is 38.6 Å². The molecule has 2 rings (SSSR count). The Bertz CT molecular complexity index is 261. The third kappa shape index (κ3) is 2.46. The third-order valence-corrected chi connectivity index (χ3v) is 3.69. The number of piperidine rings is 1. The molecule has 0 aromatic rings. The van der Waals surface area contributed by atoms with Crippen LogP contribution in [0.5, 0.6) is 0 Å². The molecule has 16 heavy (non-hydrogen) atoms. The summed E-state index contributed by atoms with van der Waals surface area (Å²) >= 11 is 0. The van der Waals surface area contributed by atoms with Crippen molar-refractivity contribution < 1.29 is 4.79 Å². The molecule has 3 nitrogen and oxygen atoms in total. The number of allylic oxidation sites excluding steroid dienone is 2. The van der Waals surface area contributed by atoms with Crippen LogP contribution in [0.2, 0.25) is 0 Å². The monoisotopic (exact) mass is 222 g/mol. The highest BCUT2D eigenvalue weighted by Gasteiger charge is 2.29. The highest BCUT2D eigenvalue weighted by Crippen LogP contribution is 2.22. The zero-order chi connectivity index (χ0) is 11.4. The lowest BCUT2D eigenvalue weighted by molar-refractivity contribution is -0.137. The predicted molar refractivity (Wildman–Crippen MR) is 65.1 cm³/mol. The molecular formula is C13H22N2O. The fraction of sp³-hybridized carbons (Fsp3) is 0.769. The number of carbonyl (C=O) groups is 1. The highest BCUT2D eigenvalue weighted by molar-refractivity contribution is 5.80. The van der Waals surface area contributed by atoms with Crippen LogP contribution in [0.4, 0.5) is 0 Å². The van der Waals surface area contributed by atoms with E-state index in [0.717, 1.165) is 38.9 Å². The van der Waals surface area contributed by atoms with E-state index in [1.165, 1.54) is 6.42 Å². The van der Waals surface area contributed by atoms with Crippen LogP contribution in [0.3, 0.4) is 0 Å². The summed E-state index contributed by atoms with van der Waals surface area (Å²) in [7, 11) is 0. The van der Waals surface area contributed by atoms with Crippen LogP contribution in [0.25, 0.3) is 0 Å². The number of carbonyl (C=O) groups excluding carboxylic acids is 1. The SMILES string of the molecule is CCN(C(=O)C1CC=CC1)C1CCCNC1. The largest absolute Gasteiger partial charge is 0.338 e. The van der Waals surface area contributed by atoms with Crippen LogP contribution in [0.15, 0.2) is 12.2 Å². The van der Waals surface area contributed by atoms with Gasteiger partial charge in [-0.15, -0.1) is 0 Å². The molecule has 0 saturated carbocycles. The fourth-order valence-corrected chi connectivity index (χ4v) is 2.75. The van der Waals surface area contributed by atoms with Crippen LogP contribution in [-0.4, -0.2) is 36.5 Å². The quantitative estimate of drug-likeness (QED) is 0.735. The molecule has 1 fully saturated rings. The van der Waals surface area contributed by atoms with Crippen molar-refractivity contribution in [2.24, 2.45) is 5.92 Å². The smallest absolute Gasteiger partial charge is 0.226 e. The first kappa shape index (κ1) is 11.6. The molecule has 0 bridgehead atoms. The van der Waals surface area contributed by atoms with Crippen molar-refractivity contribution in [3.05, 3.63) is 12.2 Å². The fourth-order valence-electron chi connectivity index (χ4n) is 2.75. The summed E-state index contributed by atoms with van der Waals surface area (Å²) in [4.78, 5) is 14.4. The minimum Gasteiger partial charge on any atom is -0.338 e. The average Bonchev–Trinajstić information content (AvgIpc) is 2.85. The summed E-state index contributed by atoms with van der Waals surface area (Å²) in [5.74, 6) is 0.586. The number of rotatable bonds is 3. The second-order valence-electron chi connectivity index (χ2n) is 4.76. The van der Waals surface area contributed by atoms with Gasteiger partial charge >= 0.3 is 0 Å². The van der Waals surface area contributed by atoms with Gasteiger partial charge in [-0.05, 0) is 39.2 Å². The molecule has 1 atom stereocenters. The van der Waals surface area contributed by atoms with Crippen molar-refractivity contribution in [1.29, 1.82) is 0 Å². The molecule has 0 aromatic heterocycles. The van der Waals surface area contributed by atoms with E-state index < -0.39 is 0 Å². The Morgan fingerprint density at radius 2 is 2.19 bits per heavy atom. The Morgan fingerprint density at radius 3 is 2.75 bits per heavy atom. The van der Waals surface area contributed by atoms with E-state index in [9.17, 15) is 4.79 Å². The molecule has 0 aromatic carbocycles. The van der Waals surface area contributed by atoms with Gasteiger partial charge in [0, 0.05) is 25.0 Å². The number of amides is 1. The summed E-state index contributed by atoms with van der Waals surface area (Å²) in [6.07, 6.45) is 8.50. The van der Waals surface area contributed by atoms with Gasteiger partial charge in [-0.2, -0.15) is 0 Å². The molecule has 1 saturated heterocycles. The lowest BCUT2D eigenvalue weighted by Crippen LogP contribution is -2.50. The van der Waals surface area contributed by atoms with Gasteiger partial charge in [-0.1, -0.05) is 12.2 Å². The Morgan fingerprint density at radius 1 is 1.44 bits per heavy atom. The topological polar surface area (TPSA) is 32.3 Å². The Labute approximate surface area is 97.9 Å². The van der Waals surface area contributed by atoms with E-state index in [-0.39, 0.29) is 5.92 Å². The first-order chi connectivity index (χ1) is 7.83. The number of hydrogen-bond donors (Lipinski definition) is 1. The molecule has 1 aliphatic heterocycles. The maximum atomic E-state index is 12.3. The van der Waals surface area contributed by atoms with E-state index in [1.54, 1.807) is 0 Å². The Balaban J connectivity index is 1.94. The van der Waals surface area contributed by atoms with Crippen molar-refractivity contribution in [2.75, 3.05) is 19.6 Å². The molecule has 1 unspecified atom stereocenters. The minimum absolute atomic E-state index is 0.224. The van der Waals surface area contributed by atoms with Crippen molar-refractivity contribution in [3.8, 4) is 0 Å². The van der Waals surface area contributed by atoms with Gasteiger partial charge < -0.3 is 10.2 Å². The number of nitrogens with one attached hydrogen (secondary N) is 1. The van der Waals surface area contributed by atoms with Crippen LogP contribution < -0.4 is 5.32 Å². The molecule has 1 heterocycles. The molecule has 0 spiro atoms. The van der Waals surface area contributed by atoms with Crippen LogP contribution in [-0.2, 0) is 4.79 Å². The summed E-state index contributed by atoms with van der Waals surface area (Å²) in [6, 6.07) is 0.423. The standard InChI is InChI=1S/C13H22N2O/c1-2-15(12-8-5-9-14-10-12)13(16)11-6-3-4-7-11/h3-4,11-12,14H,2,5-10H2,1H3. The molecule has 90 valence electrons. The summed E-state index contributed by atoms with van der Waals surface area (Å²) in [6.45, 7) is 5.02. The minimum atomic E-state index is 0.224. The average molecular weight is 222 g/mol. The van der Waals surface area contributed by atoms with Crippen LogP contribution in [0, 0.1) is 5.92 Å². The molecular weight excluding hydrogens is 200 g/mol. The molecule has 1 amide bonds. The zero-order valence-corrected chi connectivity index (χ0v) is 10.1.